The van der Waals surface area contributed by atoms with Crippen LogP contribution in [0.15, 0.2) is 59.8 Å². The standard InChI is InChI=1S/C18H11Cl2N5O2/c19-12-6-5-10(7-13(12)20)17(26)24-14-3-1-2-4-15(14)25-16-11(8-23-25)18(27)22-9-21-16/h1-9H,(H,24,26)(H,21,22,27). The van der Waals surface area contributed by atoms with Crippen molar-refractivity contribution in [2.75, 3.05) is 5.32 Å². The van der Waals surface area contributed by atoms with Crippen molar-refractivity contribution in [1.29, 1.82) is 0 Å². The highest BCUT2D eigenvalue weighted by molar-refractivity contribution is 6.42. The van der Waals surface area contributed by atoms with E-state index >= 15 is 0 Å². The van der Waals surface area contributed by atoms with Gasteiger partial charge in [-0.05, 0) is 30.3 Å². The third-order valence-electron chi connectivity index (χ3n) is 3.93. The van der Waals surface area contributed by atoms with Crippen LogP contribution in [0.4, 0.5) is 5.69 Å². The first kappa shape index (κ1) is 17.3. The van der Waals surface area contributed by atoms with Crippen molar-refractivity contribution >= 4 is 45.8 Å². The molecule has 0 spiro atoms. The SMILES string of the molecule is O=C(Nc1ccccc1-n1ncc2c(=O)[nH]cnc21)c1ccc(Cl)c(Cl)c1. The number of rotatable bonds is 3. The minimum Gasteiger partial charge on any atom is -0.320 e. The Morgan fingerprint density at radius 3 is 2.74 bits per heavy atom. The van der Waals surface area contributed by atoms with Crippen molar-refractivity contribution < 1.29 is 4.79 Å². The van der Waals surface area contributed by atoms with Crippen molar-refractivity contribution in [3.8, 4) is 5.69 Å². The number of hydrogen-bond donors (Lipinski definition) is 2. The zero-order valence-corrected chi connectivity index (χ0v) is 15.1. The van der Waals surface area contributed by atoms with Crippen molar-refractivity contribution in [2.24, 2.45) is 0 Å². The van der Waals surface area contributed by atoms with Gasteiger partial charge in [0.05, 0.1) is 33.9 Å². The molecule has 0 aliphatic heterocycles. The Bertz CT molecular complexity index is 1230. The van der Waals surface area contributed by atoms with Crippen LogP contribution in [0.5, 0.6) is 0 Å². The summed E-state index contributed by atoms with van der Waals surface area (Å²) in [5, 5.41) is 8.07. The Morgan fingerprint density at radius 2 is 1.93 bits per heavy atom. The largest absolute Gasteiger partial charge is 0.320 e. The number of H-pyrrole nitrogens is 1. The molecule has 0 atom stereocenters. The summed E-state index contributed by atoms with van der Waals surface area (Å²) >= 11 is 11.9. The van der Waals surface area contributed by atoms with Gasteiger partial charge >= 0.3 is 0 Å². The number of carbonyl (C=O) groups excluding carboxylic acids is 1. The molecule has 134 valence electrons. The van der Waals surface area contributed by atoms with Gasteiger partial charge in [0.15, 0.2) is 5.65 Å². The zero-order valence-electron chi connectivity index (χ0n) is 13.6. The molecule has 0 saturated heterocycles. The zero-order chi connectivity index (χ0) is 19.0. The van der Waals surface area contributed by atoms with Crippen LogP contribution in [0.1, 0.15) is 10.4 Å². The maximum Gasteiger partial charge on any atom is 0.261 e. The number of benzene rings is 2. The Hall–Kier alpha value is -3.16. The van der Waals surface area contributed by atoms with Crippen LogP contribution in [0, 0.1) is 0 Å². The minimum atomic E-state index is -0.358. The molecule has 2 aromatic heterocycles. The highest BCUT2D eigenvalue weighted by Gasteiger charge is 2.15. The summed E-state index contributed by atoms with van der Waals surface area (Å²) in [4.78, 5) is 31.2. The average molecular weight is 400 g/mol. The summed E-state index contributed by atoms with van der Waals surface area (Å²) in [7, 11) is 0. The van der Waals surface area contributed by atoms with Crippen molar-refractivity contribution in [3.63, 3.8) is 0 Å². The molecule has 0 aliphatic carbocycles. The van der Waals surface area contributed by atoms with E-state index in [0.29, 0.717) is 38.0 Å². The average Bonchev–Trinajstić information content (AvgIpc) is 3.10. The number of nitrogens with one attached hydrogen (secondary N) is 2. The maximum absolute atomic E-state index is 12.6. The number of aromatic amines is 1. The van der Waals surface area contributed by atoms with Crippen LogP contribution in [-0.2, 0) is 0 Å². The van der Waals surface area contributed by atoms with Gasteiger partial charge in [-0.3, -0.25) is 9.59 Å². The Kier molecular flexibility index (Phi) is 4.39. The Balaban J connectivity index is 1.75. The van der Waals surface area contributed by atoms with Crippen LogP contribution in [0.3, 0.4) is 0 Å². The summed E-state index contributed by atoms with van der Waals surface area (Å²) in [6.45, 7) is 0. The van der Waals surface area contributed by atoms with E-state index in [2.05, 4.69) is 20.4 Å². The summed E-state index contributed by atoms with van der Waals surface area (Å²) in [6, 6.07) is 11.7. The van der Waals surface area contributed by atoms with Gasteiger partial charge in [-0.2, -0.15) is 5.10 Å². The van der Waals surface area contributed by atoms with E-state index in [1.807, 2.05) is 0 Å². The highest BCUT2D eigenvalue weighted by atomic mass is 35.5. The summed E-state index contributed by atoms with van der Waals surface area (Å²) in [5.41, 5.74) is 1.53. The van der Waals surface area contributed by atoms with Gasteiger partial charge in [-0.15, -0.1) is 0 Å². The monoisotopic (exact) mass is 399 g/mol. The van der Waals surface area contributed by atoms with Crippen LogP contribution in [0.25, 0.3) is 16.7 Å². The fourth-order valence-corrected chi connectivity index (χ4v) is 2.93. The van der Waals surface area contributed by atoms with Gasteiger partial charge in [0, 0.05) is 5.56 Å². The fourth-order valence-electron chi connectivity index (χ4n) is 2.63. The Labute approximate surface area is 162 Å². The number of para-hydroxylation sites is 2. The van der Waals surface area contributed by atoms with Gasteiger partial charge in [-0.1, -0.05) is 35.3 Å². The molecule has 1 amide bonds. The second kappa shape index (κ2) is 6.86. The molecule has 0 saturated carbocycles. The first-order valence-electron chi connectivity index (χ1n) is 7.82. The smallest absolute Gasteiger partial charge is 0.261 e. The van der Waals surface area contributed by atoms with Gasteiger partial charge in [0.1, 0.15) is 5.39 Å². The highest BCUT2D eigenvalue weighted by Crippen LogP contribution is 2.25. The van der Waals surface area contributed by atoms with Crippen molar-refractivity contribution in [3.05, 3.63) is 81.0 Å². The number of fused-ring (bicyclic) bond motifs is 1. The second-order valence-corrected chi connectivity index (χ2v) is 6.44. The molecular weight excluding hydrogens is 389 g/mol. The third kappa shape index (κ3) is 3.18. The molecule has 9 heteroatoms. The van der Waals surface area contributed by atoms with Gasteiger partial charge in [0.2, 0.25) is 0 Å². The number of carbonyl (C=O) groups is 1. The molecular formula is C18H11Cl2N5O2. The summed E-state index contributed by atoms with van der Waals surface area (Å²) in [5.74, 6) is -0.358. The molecule has 2 heterocycles. The van der Waals surface area contributed by atoms with E-state index < -0.39 is 0 Å². The molecule has 0 unspecified atom stereocenters. The van der Waals surface area contributed by atoms with Crippen LogP contribution < -0.4 is 10.9 Å². The summed E-state index contributed by atoms with van der Waals surface area (Å²) in [6.07, 6.45) is 2.73. The first-order valence-corrected chi connectivity index (χ1v) is 8.57. The van der Waals surface area contributed by atoms with E-state index in [0.717, 1.165) is 0 Å². The number of aromatic nitrogens is 4. The molecule has 4 rings (SSSR count). The molecule has 0 fully saturated rings. The van der Waals surface area contributed by atoms with Crippen molar-refractivity contribution in [1.82, 2.24) is 19.7 Å². The van der Waals surface area contributed by atoms with E-state index in [-0.39, 0.29) is 11.5 Å². The third-order valence-corrected chi connectivity index (χ3v) is 4.67. The maximum atomic E-state index is 12.6. The number of nitrogens with zero attached hydrogens (tertiary/aromatic N) is 3. The molecule has 4 aromatic rings. The van der Waals surface area contributed by atoms with Gasteiger partial charge < -0.3 is 10.3 Å². The van der Waals surface area contributed by atoms with Crippen LogP contribution >= 0.6 is 23.2 Å². The van der Waals surface area contributed by atoms with E-state index in [9.17, 15) is 9.59 Å². The topological polar surface area (TPSA) is 92.7 Å². The minimum absolute atomic E-state index is 0.288. The van der Waals surface area contributed by atoms with E-state index in [1.165, 1.54) is 23.3 Å². The second-order valence-electron chi connectivity index (χ2n) is 5.63. The lowest BCUT2D eigenvalue weighted by atomic mass is 10.2. The van der Waals surface area contributed by atoms with Crippen molar-refractivity contribution in [2.45, 2.75) is 0 Å². The lowest BCUT2D eigenvalue weighted by Crippen LogP contribution is -2.14. The lowest BCUT2D eigenvalue weighted by Gasteiger charge is -2.12. The number of anilines is 1. The molecule has 2 aromatic carbocycles. The molecule has 0 radical (unpaired) electrons. The van der Waals surface area contributed by atoms with E-state index in [4.69, 9.17) is 23.2 Å². The molecule has 0 bridgehead atoms. The van der Waals surface area contributed by atoms with Crippen LogP contribution in [0.2, 0.25) is 10.0 Å². The van der Waals surface area contributed by atoms with Gasteiger partial charge in [-0.25, -0.2) is 9.67 Å². The predicted molar refractivity (Wildman–Crippen MR) is 104 cm³/mol. The predicted octanol–water partition coefficient (Wildman–Crippen LogP) is 3.67. The molecule has 0 aliphatic rings. The first-order chi connectivity index (χ1) is 13.0. The molecule has 27 heavy (non-hydrogen) atoms. The number of halogens is 2. The van der Waals surface area contributed by atoms with Gasteiger partial charge in [0.25, 0.3) is 11.5 Å². The number of amides is 1. The van der Waals surface area contributed by atoms with E-state index in [1.54, 1.807) is 36.4 Å². The number of hydrogen-bond acceptors (Lipinski definition) is 4. The molecule has 2 N–H and O–H groups in total. The Morgan fingerprint density at radius 1 is 1.11 bits per heavy atom. The summed E-state index contributed by atoms with van der Waals surface area (Å²) < 4.78 is 1.50. The quantitative estimate of drug-likeness (QED) is 0.549. The molecule has 7 nitrogen and oxygen atoms in total. The fraction of sp³-hybridized carbons (Fsp3) is 0. The normalized spacial score (nSPS) is 10.9. The van der Waals surface area contributed by atoms with Crippen LogP contribution in [-0.4, -0.2) is 25.7 Å². The lowest BCUT2D eigenvalue weighted by molar-refractivity contribution is 0.102.